The Morgan fingerprint density at radius 3 is 2.38 bits per heavy atom. The van der Waals surface area contributed by atoms with Gasteiger partial charge in [-0.05, 0) is 36.8 Å². The van der Waals surface area contributed by atoms with Crippen molar-refractivity contribution in [3.8, 4) is 5.75 Å². The molecule has 2 rings (SSSR count). The summed E-state index contributed by atoms with van der Waals surface area (Å²) in [6, 6.07) is 16.9. The molecule has 0 spiro atoms. The first kappa shape index (κ1) is 15.4. The van der Waals surface area contributed by atoms with E-state index in [1.165, 1.54) is 0 Å². The maximum atomic E-state index is 12.2. The summed E-state index contributed by atoms with van der Waals surface area (Å²) >= 11 is 5.81. The molecule has 0 saturated carbocycles. The van der Waals surface area contributed by atoms with Gasteiger partial charge in [-0.3, -0.25) is 4.79 Å². The van der Waals surface area contributed by atoms with Crippen LogP contribution in [0.25, 0.3) is 0 Å². The third-order valence-electron chi connectivity index (χ3n) is 3.13. The van der Waals surface area contributed by atoms with Crippen molar-refractivity contribution < 1.29 is 9.53 Å². The molecule has 0 fully saturated rings. The molecule has 3 nitrogen and oxygen atoms in total. The number of likely N-dealkylation sites (N-methyl/N-ethyl adjacent to an activating group) is 1. The molecule has 21 heavy (non-hydrogen) atoms. The highest BCUT2D eigenvalue weighted by atomic mass is 35.5. The van der Waals surface area contributed by atoms with Crippen molar-refractivity contribution in [2.75, 3.05) is 13.2 Å². The molecule has 0 aliphatic carbocycles. The molecule has 2 aromatic rings. The van der Waals surface area contributed by atoms with Crippen molar-refractivity contribution in [2.24, 2.45) is 0 Å². The lowest BCUT2D eigenvalue weighted by Crippen LogP contribution is -2.34. The average molecular weight is 304 g/mol. The van der Waals surface area contributed by atoms with Gasteiger partial charge in [0.1, 0.15) is 5.75 Å². The van der Waals surface area contributed by atoms with E-state index >= 15 is 0 Å². The van der Waals surface area contributed by atoms with Crippen LogP contribution in [0.4, 0.5) is 0 Å². The molecule has 0 atom stereocenters. The number of halogens is 1. The van der Waals surface area contributed by atoms with E-state index in [0.29, 0.717) is 23.9 Å². The number of rotatable bonds is 6. The maximum Gasteiger partial charge on any atom is 0.260 e. The van der Waals surface area contributed by atoms with E-state index in [1.807, 2.05) is 37.3 Å². The maximum absolute atomic E-state index is 12.2. The highest BCUT2D eigenvalue weighted by Crippen LogP contribution is 2.15. The van der Waals surface area contributed by atoms with E-state index in [-0.39, 0.29) is 12.5 Å². The molecule has 0 bridgehead atoms. The van der Waals surface area contributed by atoms with E-state index < -0.39 is 0 Å². The Bertz CT molecular complexity index is 569. The first-order valence-electron chi connectivity index (χ1n) is 6.89. The third kappa shape index (κ3) is 4.80. The number of hydrogen-bond donors (Lipinski definition) is 0. The minimum absolute atomic E-state index is 0.0301. The fourth-order valence-corrected chi connectivity index (χ4v) is 2.07. The lowest BCUT2D eigenvalue weighted by Gasteiger charge is -2.21. The van der Waals surface area contributed by atoms with Crippen LogP contribution in [0.3, 0.4) is 0 Å². The minimum atomic E-state index is -0.0312. The van der Waals surface area contributed by atoms with E-state index in [4.69, 9.17) is 16.3 Å². The van der Waals surface area contributed by atoms with Gasteiger partial charge in [0.15, 0.2) is 6.61 Å². The van der Waals surface area contributed by atoms with Crippen LogP contribution in [0.2, 0.25) is 5.02 Å². The number of benzene rings is 2. The lowest BCUT2D eigenvalue weighted by molar-refractivity contribution is -0.133. The number of ether oxygens (including phenoxy) is 1. The van der Waals surface area contributed by atoms with Gasteiger partial charge < -0.3 is 9.64 Å². The van der Waals surface area contributed by atoms with Gasteiger partial charge in [0.05, 0.1) is 0 Å². The molecule has 0 N–H and O–H groups in total. The molecule has 0 saturated heterocycles. The fourth-order valence-electron chi connectivity index (χ4n) is 1.95. The predicted molar refractivity (Wildman–Crippen MR) is 84.5 cm³/mol. The quantitative estimate of drug-likeness (QED) is 0.813. The highest BCUT2D eigenvalue weighted by molar-refractivity contribution is 6.30. The van der Waals surface area contributed by atoms with Gasteiger partial charge in [-0.15, -0.1) is 0 Å². The Kier molecular flexibility index (Phi) is 5.64. The van der Waals surface area contributed by atoms with Crippen molar-refractivity contribution in [1.29, 1.82) is 0 Å². The molecule has 0 aliphatic rings. The summed E-state index contributed by atoms with van der Waals surface area (Å²) in [6.07, 6.45) is 0. The second-order valence-electron chi connectivity index (χ2n) is 4.64. The summed E-state index contributed by atoms with van der Waals surface area (Å²) in [4.78, 5) is 14.0. The van der Waals surface area contributed by atoms with Gasteiger partial charge in [0.25, 0.3) is 5.91 Å². The first-order valence-corrected chi connectivity index (χ1v) is 7.27. The number of hydrogen-bond acceptors (Lipinski definition) is 2. The van der Waals surface area contributed by atoms with Crippen LogP contribution >= 0.6 is 11.6 Å². The first-order chi connectivity index (χ1) is 10.2. The third-order valence-corrected chi connectivity index (χ3v) is 3.38. The standard InChI is InChI=1S/C17H18ClNO2/c1-2-19(12-14-6-4-3-5-7-14)17(20)13-21-16-10-8-15(18)9-11-16/h3-11H,2,12-13H2,1H3. The van der Waals surface area contributed by atoms with Gasteiger partial charge in [-0.25, -0.2) is 0 Å². The van der Waals surface area contributed by atoms with Crippen LogP contribution in [0.15, 0.2) is 54.6 Å². The zero-order valence-corrected chi connectivity index (χ0v) is 12.7. The predicted octanol–water partition coefficient (Wildman–Crippen LogP) is 3.77. The fraction of sp³-hybridized carbons (Fsp3) is 0.235. The number of carbonyl (C=O) groups is 1. The highest BCUT2D eigenvalue weighted by Gasteiger charge is 2.12. The molecule has 0 heterocycles. The molecule has 0 radical (unpaired) electrons. The molecular formula is C17H18ClNO2. The number of nitrogens with zero attached hydrogens (tertiary/aromatic N) is 1. The van der Waals surface area contributed by atoms with Gasteiger partial charge >= 0.3 is 0 Å². The van der Waals surface area contributed by atoms with E-state index in [1.54, 1.807) is 29.2 Å². The van der Waals surface area contributed by atoms with Gasteiger partial charge in [0, 0.05) is 18.1 Å². The van der Waals surface area contributed by atoms with Crippen molar-refractivity contribution in [3.63, 3.8) is 0 Å². The molecule has 0 aromatic heterocycles. The number of amides is 1. The van der Waals surface area contributed by atoms with Crippen molar-refractivity contribution in [3.05, 3.63) is 65.2 Å². The van der Waals surface area contributed by atoms with Crippen LogP contribution < -0.4 is 4.74 Å². The van der Waals surface area contributed by atoms with Crippen molar-refractivity contribution in [1.82, 2.24) is 4.90 Å². The van der Waals surface area contributed by atoms with Crippen LogP contribution in [-0.4, -0.2) is 24.0 Å². The lowest BCUT2D eigenvalue weighted by atomic mass is 10.2. The molecule has 2 aromatic carbocycles. The van der Waals surface area contributed by atoms with Crippen LogP contribution in [-0.2, 0) is 11.3 Å². The van der Waals surface area contributed by atoms with Crippen molar-refractivity contribution in [2.45, 2.75) is 13.5 Å². The monoisotopic (exact) mass is 303 g/mol. The van der Waals surface area contributed by atoms with E-state index in [2.05, 4.69) is 0 Å². The molecule has 4 heteroatoms. The van der Waals surface area contributed by atoms with Crippen LogP contribution in [0.1, 0.15) is 12.5 Å². The summed E-state index contributed by atoms with van der Waals surface area (Å²) < 4.78 is 5.49. The summed E-state index contributed by atoms with van der Waals surface area (Å²) in [6.45, 7) is 3.24. The molecular weight excluding hydrogens is 286 g/mol. The Morgan fingerprint density at radius 1 is 1.10 bits per heavy atom. The Hall–Kier alpha value is -2.00. The van der Waals surface area contributed by atoms with Crippen LogP contribution in [0.5, 0.6) is 5.75 Å². The summed E-state index contributed by atoms with van der Waals surface area (Å²) in [5.41, 5.74) is 1.11. The smallest absolute Gasteiger partial charge is 0.260 e. The Morgan fingerprint density at radius 2 is 1.76 bits per heavy atom. The van der Waals surface area contributed by atoms with Gasteiger partial charge in [0.2, 0.25) is 0 Å². The Balaban J connectivity index is 1.89. The zero-order chi connectivity index (χ0) is 15.1. The summed E-state index contributed by atoms with van der Waals surface area (Å²) in [7, 11) is 0. The molecule has 110 valence electrons. The summed E-state index contributed by atoms with van der Waals surface area (Å²) in [5.74, 6) is 0.611. The van der Waals surface area contributed by atoms with Crippen molar-refractivity contribution >= 4 is 17.5 Å². The van der Waals surface area contributed by atoms with E-state index in [0.717, 1.165) is 5.56 Å². The topological polar surface area (TPSA) is 29.5 Å². The second kappa shape index (κ2) is 7.70. The zero-order valence-electron chi connectivity index (χ0n) is 12.0. The average Bonchev–Trinajstić information content (AvgIpc) is 2.52. The SMILES string of the molecule is CCN(Cc1ccccc1)C(=O)COc1ccc(Cl)cc1. The van der Waals surface area contributed by atoms with Gasteiger partial charge in [-0.2, -0.15) is 0 Å². The normalized spacial score (nSPS) is 10.2. The molecule has 0 unspecified atom stereocenters. The Labute approximate surface area is 130 Å². The molecule has 1 amide bonds. The number of carbonyl (C=O) groups excluding carboxylic acids is 1. The minimum Gasteiger partial charge on any atom is -0.484 e. The van der Waals surface area contributed by atoms with E-state index in [9.17, 15) is 4.79 Å². The largest absolute Gasteiger partial charge is 0.484 e. The van der Waals surface area contributed by atoms with Gasteiger partial charge in [-0.1, -0.05) is 41.9 Å². The second-order valence-corrected chi connectivity index (χ2v) is 5.07. The molecule has 0 aliphatic heterocycles. The summed E-state index contributed by atoms with van der Waals surface area (Å²) in [5, 5.41) is 0.646. The van der Waals surface area contributed by atoms with Crippen LogP contribution in [0, 0.1) is 0 Å².